The summed E-state index contributed by atoms with van der Waals surface area (Å²) in [6, 6.07) is 9.20. The zero-order valence-corrected chi connectivity index (χ0v) is 12.6. The van der Waals surface area contributed by atoms with E-state index in [9.17, 15) is 9.59 Å². The Kier molecular flexibility index (Phi) is 3.66. The number of benzene rings is 1. The van der Waals surface area contributed by atoms with Crippen molar-refractivity contribution in [1.82, 2.24) is 14.7 Å². The van der Waals surface area contributed by atoms with Gasteiger partial charge < -0.3 is 9.64 Å². The number of ether oxygens (including phenoxy) is 1. The second kappa shape index (κ2) is 5.63. The molecule has 2 heterocycles. The minimum atomic E-state index is -0.431. The number of methoxy groups -OCH3 is 1. The zero-order chi connectivity index (χ0) is 15.7. The van der Waals surface area contributed by atoms with E-state index in [0.29, 0.717) is 30.8 Å². The van der Waals surface area contributed by atoms with Gasteiger partial charge in [0.2, 0.25) is 0 Å². The molecule has 3 rings (SSSR count). The van der Waals surface area contributed by atoms with Crippen LogP contribution in [-0.4, -0.2) is 40.2 Å². The van der Waals surface area contributed by atoms with Gasteiger partial charge in [0.25, 0.3) is 5.91 Å². The fourth-order valence-corrected chi connectivity index (χ4v) is 2.77. The van der Waals surface area contributed by atoms with Gasteiger partial charge in [-0.3, -0.25) is 9.48 Å². The van der Waals surface area contributed by atoms with E-state index in [1.54, 1.807) is 28.8 Å². The van der Waals surface area contributed by atoms with Crippen molar-refractivity contribution >= 4 is 11.9 Å². The van der Waals surface area contributed by atoms with Crippen LogP contribution in [0.25, 0.3) is 0 Å². The standard InChI is InChI=1S/C16H17N3O3/c1-18-13-10-19(15(20)11-6-4-3-5-7-11)9-8-12(13)14(17-18)16(21)22-2/h3-7H,8-10H2,1-2H3. The van der Waals surface area contributed by atoms with Crippen molar-refractivity contribution in [3.8, 4) is 0 Å². The number of hydrogen-bond acceptors (Lipinski definition) is 4. The molecule has 1 aromatic heterocycles. The van der Waals surface area contributed by atoms with Crippen LogP contribution in [0.1, 0.15) is 32.1 Å². The lowest BCUT2D eigenvalue weighted by atomic mass is 10.0. The predicted octanol–water partition coefficient (Wildman–Crippen LogP) is 1.41. The van der Waals surface area contributed by atoms with E-state index in [0.717, 1.165) is 11.3 Å². The third-order valence-electron chi connectivity index (χ3n) is 3.93. The summed E-state index contributed by atoms with van der Waals surface area (Å²) in [6.45, 7) is 1.01. The number of amides is 1. The Labute approximate surface area is 128 Å². The average Bonchev–Trinajstić information content (AvgIpc) is 2.90. The minimum absolute atomic E-state index is 0.00734. The molecule has 0 atom stereocenters. The summed E-state index contributed by atoms with van der Waals surface area (Å²) in [5.74, 6) is -0.438. The van der Waals surface area contributed by atoms with Crippen molar-refractivity contribution in [2.45, 2.75) is 13.0 Å². The van der Waals surface area contributed by atoms with E-state index in [-0.39, 0.29) is 5.91 Å². The van der Waals surface area contributed by atoms with Crippen LogP contribution in [0.5, 0.6) is 0 Å². The van der Waals surface area contributed by atoms with E-state index in [4.69, 9.17) is 4.74 Å². The van der Waals surface area contributed by atoms with Gasteiger partial charge in [-0.05, 0) is 18.6 Å². The summed E-state index contributed by atoms with van der Waals surface area (Å²) in [5.41, 5.74) is 2.79. The first-order valence-corrected chi connectivity index (χ1v) is 7.09. The second-order valence-corrected chi connectivity index (χ2v) is 5.23. The molecule has 1 aromatic carbocycles. The number of rotatable bonds is 2. The first-order chi connectivity index (χ1) is 10.6. The van der Waals surface area contributed by atoms with Gasteiger partial charge in [0, 0.05) is 24.7 Å². The summed E-state index contributed by atoms with van der Waals surface area (Å²) in [4.78, 5) is 26.1. The van der Waals surface area contributed by atoms with E-state index in [1.807, 2.05) is 18.2 Å². The largest absolute Gasteiger partial charge is 0.464 e. The van der Waals surface area contributed by atoms with Crippen molar-refractivity contribution in [3.63, 3.8) is 0 Å². The van der Waals surface area contributed by atoms with Crippen LogP contribution < -0.4 is 0 Å². The molecule has 1 amide bonds. The predicted molar refractivity (Wildman–Crippen MR) is 79.4 cm³/mol. The maximum Gasteiger partial charge on any atom is 0.358 e. The Morgan fingerprint density at radius 2 is 1.95 bits per heavy atom. The molecule has 6 nitrogen and oxygen atoms in total. The van der Waals surface area contributed by atoms with E-state index >= 15 is 0 Å². The Hall–Kier alpha value is -2.63. The van der Waals surface area contributed by atoms with Crippen LogP contribution >= 0.6 is 0 Å². The fraction of sp³-hybridized carbons (Fsp3) is 0.312. The number of nitrogens with zero attached hydrogens (tertiary/aromatic N) is 3. The lowest BCUT2D eigenvalue weighted by Crippen LogP contribution is -2.36. The number of fused-ring (bicyclic) bond motifs is 1. The van der Waals surface area contributed by atoms with Crippen LogP contribution in [0.4, 0.5) is 0 Å². The summed E-state index contributed by atoms with van der Waals surface area (Å²) >= 11 is 0. The Morgan fingerprint density at radius 1 is 1.23 bits per heavy atom. The quantitative estimate of drug-likeness (QED) is 0.786. The minimum Gasteiger partial charge on any atom is -0.464 e. The van der Waals surface area contributed by atoms with E-state index in [2.05, 4.69) is 5.10 Å². The van der Waals surface area contributed by atoms with Crippen molar-refractivity contribution in [2.75, 3.05) is 13.7 Å². The molecular formula is C16H17N3O3. The van der Waals surface area contributed by atoms with Crippen molar-refractivity contribution in [1.29, 1.82) is 0 Å². The normalized spacial score (nSPS) is 13.6. The van der Waals surface area contributed by atoms with Crippen LogP contribution in [-0.2, 0) is 24.8 Å². The molecule has 1 aliphatic rings. The third-order valence-corrected chi connectivity index (χ3v) is 3.93. The highest BCUT2D eigenvalue weighted by Crippen LogP contribution is 2.23. The Morgan fingerprint density at radius 3 is 2.64 bits per heavy atom. The molecule has 1 aliphatic heterocycles. The molecule has 0 bridgehead atoms. The monoisotopic (exact) mass is 299 g/mol. The third kappa shape index (κ3) is 2.36. The number of aromatic nitrogens is 2. The number of carbonyl (C=O) groups excluding carboxylic acids is 2. The summed E-state index contributed by atoms with van der Waals surface area (Å²) in [6.07, 6.45) is 0.603. The SMILES string of the molecule is COC(=O)c1nn(C)c2c1CCN(C(=O)c1ccccc1)C2. The maximum atomic E-state index is 12.5. The highest BCUT2D eigenvalue weighted by Gasteiger charge is 2.29. The fourth-order valence-electron chi connectivity index (χ4n) is 2.77. The van der Waals surface area contributed by atoms with Crippen LogP contribution in [0.3, 0.4) is 0 Å². The Balaban J connectivity index is 1.87. The molecule has 0 fully saturated rings. The van der Waals surface area contributed by atoms with Gasteiger partial charge in [0.05, 0.1) is 19.3 Å². The highest BCUT2D eigenvalue weighted by atomic mass is 16.5. The summed E-state index contributed by atoms with van der Waals surface area (Å²) in [7, 11) is 3.12. The average molecular weight is 299 g/mol. The Bertz CT molecular complexity index is 722. The van der Waals surface area contributed by atoms with E-state index in [1.165, 1.54) is 7.11 Å². The van der Waals surface area contributed by atoms with Crippen molar-refractivity contribution < 1.29 is 14.3 Å². The first-order valence-electron chi connectivity index (χ1n) is 7.09. The molecule has 22 heavy (non-hydrogen) atoms. The summed E-state index contributed by atoms with van der Waals surface area (Å²) < 4.78 is 6.42. The van der Waals surface area contributed by atoms with Gasteiger partial charge in [-0.15, -0.1) is 0 Å². The molecule has 0 N–H and O–H groups in total. The zero-order valence-electron chi connectivity index (χ0n) is 12.6. The maximum absolute atomic E-state index is 12.5. The smallest absolute Gasteiger partial charge is 0.358 e. The van der Waals surface area contributed by atoms with Crippen molar-refractivity contribution in [3.05, 3.63) is 52.8 Å². The molecular weight excluding hydrogens is 282 g/mol. The first kappa shape index (κ1) is 14.3. The number of aryl methyl sites for hydroxylation is 1. The summed E-state index contributed by atoms with van der Waals surface area (Å²) in [5, 5.41) is 4.23. The van der Waals surface area contributed by atoms with Gasteiger partial charge in [0.15, 0.2) is 5.69 Å². The molecule has 0 spiro atoms. The van der Waals surface area contributed by atoms with Gasteiger partial charge in [0.1, 0.15) is 0 Å². The van der Waals surface area contributed by atoms with Crippen LogP contribution in [0, 0.1) is 0 Å². The van der Waals surface area contributed by atoms with Gasteiger partial charge >= 0.3 is 5.97 Å². The molecule has 0 aliphatic carbocycles. The molecule has 0 unspecified atom stereocenters. The lowest BCUT2D eigenvalue weighted by Gasteiger charge is -2.27. The van der Waals surface area contributed by atoms with Crippen LogP contribution in [0.15, 0.2) is 30.3 Å². The highest BCUT2D eigenvalue weighted by molar-refractivity contribution is 5.94. The molecule has 0 saturated heterocycles. The van der Waals surface area contributed by atoms with Gasteiger partial charge in [-0.2, -0.15) is 5.10 Å². The van der Waals surface area contributed by atoms with E-state index < -0.39 is 5.97 Å². The topological polar surface area (TPSA) is 64.4 Å². The molecule has 0 saturated carbocycles. The number of hydrogen-bond donors (Lipinski definition) is 0. The molecule has 6 heteroatoms. The lowest BCUT2D eigenvalue weighted by molar-refractivity contribution is 0.0591. The van der Waals surface area contributed by atoms with Crippen LogP contribution in [0.2, 0.25) is 0 Å². The van der Waals surface area contributed by atoms with Crippen molar-refractivity contribution in [2.24, 2.45) is 7.05 Å². The number of esters is 1. The van der Waals surface area contributed by atoms with Gasteiger partial charge in [-0.25, -0.2) is 4.79 Å². The molecule has 2 aromatic rings. The molecule has 0 radical (unpaired) electrons. The van der Waals surface area contributed by atoms with Gasteiger partial charge in [-0.1, -0.05) is 18.2 Å². The number of carbonyl (C=O) groups is 2. The second-order valence-electron chi connectivity index (χ2n) is 5.23. The molecule has 114 valence electrons.